The average Bonchev–Trinajstić information content (AvgIpc) is 3.48. The van der Waals surface area contributed by atoms with Crippen molar-refractivity contribution in [3.8, 4) is 23.0 Å². The van der Waals surface area contributed by atoms with Gasteiger partial charge in [-0.2, -0.15) is 0 Å². The molecule has 416 valence electrons. The van der Waals surface area contributed by atoms with Gasteiger partial charge in [0.05, 0.1) is 26.4 Å². The predicted octanol–water partition coefficient (Wildman–Crippen LogP) is 20.5. The number of carbonyl (C=O) groups is 2. The summed E-state index contributed by atoms with van der Waals surface area (Å²) in [5.74, 6) is 1.91. The highest BCUT2D eigenvalue weighted by molar-refractivity contribution is 6.23. The molecule has 6 heteroatoms. The van der Waals surface area contributed by atoms with Gasteiger partial charge in [-0.25, -0.2) is 0 Å². The molecule has 0 spiro atoms. The fourth-order valence-corrected chi connectivity index (χ4v) is 12.0. The van der Waals surface area contributed by atoms with Crippen molar-refractivity contribution in [3.63, 3.8) is 0 Å². The minimum Gasteiger partial charge on any atom is -0.493 e. The van der Waals surface area contributed by atoms with E-state index in [-0.39, 0.29) is 11.6 Å². The minimum absolute atomic E-state index is 0.0967. The van der Waals surface area contributed by atoms with Crippen LogP contribution >= 0.6 is 0 Å². The van der Waals surface area contributed by atoms with Crippen molar-refractivity contribution in [1.82, 2.24) is 0 Å². The number of rotatable bonds is 48. The molecule has 0 N–H and O–H groups in total. The normalized spacial score (nSPS) is 15.5. The number of ether oxygens (including phenoxy) is 4. The molecule has 0 aliphatic heterocycles. The van der Waals surface area contributed by atoms with Crippen LogP contribution < -0.4 is 18.9 Å². The van der Waals surface area contributed by atoms with Crippen molar-refractivity contribution in [1.29, 1.82) is 0 Å². The summed E-state index contributed by atoms with van der Waals surface area (Å²) >= 11 is 0. The van der Waals surface area contributed by atoms with Gasteiger partial charge < -0.3 is 18.9 Å². The minimum atomic E-state index is -0.534. The zero-order valence-electron chi connectivity index (χ0n) is 48.2. The zero-order chi connectivity index (χ0) is 52.3. The Balaban J connectivity index is 1.39. The first-order valence-corrected chi connectivity index (χ1v) is 31.9. The van der Waals surface area contributed by atoms with Crippen LogP contribution in [0.25, 0.3) is 0 Å². The molecule has 0 heterocycles. The van der Waals surface area contributed by atoms with E-state index in [1.54, 1.807) is 0 Å². The molecule has 2 aromatic carbocycles. The molecule has 2 aromatic rings. The number of benzene rings is 2. The lowest BCUT2D eigenvalue weighted by Crippen LogP contribution is -2.36. The van der Waals surface area contributed by atoms with Crippen LogP contribution in [0.5, 0.6) is 23.0 Å². The van der Waals surface area contributed by atoms with E-state index in [0.717, 1.165) is 96.6 Å². The number of unbranched alkanes of at least 4 members (excludes halogenated alkanes) is 36. The van der Waals surface area contributed by atoms with E-state index in [4.69, 9.17) is 18.9 Å². The van der Waals surface area contributed by atoms with Crippen LogP contribution in [-0.2, 0) is 9.59 Å². The summed E-state index contributed by atoms with van der Waals surface area (Å²) in [5.41, 5.74) is 5.05. The quantitative estimate of drug-likeness (QED) is 0.0486. The van der Waals surface area contributed by atoms with Crippen LogP contribution in [0, 0.1) is 0 Å². The second-order valence-corrected chi connectivity index (χ2v) is 22.7. The standard InChI is InChI=1S/C68H108O6/c1-5-9-13-17-21-25-29-33-37-41-51-71-57-47-48-58(72-52-42-38-34-30-26-22-18-14-10-6-2)64-63(57)67-61-55(69)45-46-56(70)62(61)68(64)66-60(74-54-44-40-36-32-28-24-20-16-12-8-4)50-49-59(65(66)67)73-53-43-39-35-31-27-23-19-15-11-7-3/h45-50,67-68H,5-44,51-54H2,1-4H3. The molecule has 0 radical (unpaired) electrons. The van der Waals surface area contributed by atoms with E-state index in [2.05, 4.69) is 52.0 Å². The SMILES string of the molecule is CCCCCCCCCCCCOc1ccc(OCCCCCCCCCCCC)c2c1C1C3=C(C(=O)C=CC3=O)C2c2c(OCCCCCCCCCCCC)ccc(OCCCCCCCCCCCC)c21. The summed E-state index contributed by atoms with van der Waals surface area (Å²) in [6.07, 6.45) is 53.5. The second kappa shape index (κ2) is 38.1. The first kappa shape index (κ1) is 61.3. The fraction of sp³-hybridized carbons (Fsp3) is 0.735. The number of ketones is 2. The van der Waals surface area contributed by atoms with Crippen molar-refractivity contribution in [2.45, 2.75) is 296 Å². The molecule has 0 atom stereocenters. The molecule has 6 nitrogen and oxygen atoms in total. The van der Waals surface area contributed by atoms with Gasteiger partial charge in [-0.1, -0.05) is 259 Å². The largest absolute Gasteiger partial charge is 0.493 e. The van der Waals surface area contributed by atoms with Crippen molar-refractivity contribution in [3.05, 3.63) is 69.8 Å². The summed E-state index contributed by atoms with van der Waals surface area (Å²) in [6.45, 7) is 11.5. The third kappa shape index (κ3) is 20.4. The Hall–Kier alpha value is -3.54. The van der Waals surface area contributed by atoms with Crippen molar-refractivity contribution < 1.29 is 28.5 Å². The van der Waals surface area contributed by atoms with Crippen LogP contribution in [-0.4, -0.2) is 38.0 Å². The van der Waals surface area contributed by atoms with Gasteiger partial charge in [-0.05, 0) is 62.1 Å². The number of allylic oxidation sites excluding steroid dienone is 4. The lowest BCUT2D eigenvalue weighted by molar-refractivity contribution is -0.115. The summed E-state index contributed by atoms with van der Waals surface area (Å²) in [7, 11) is 0. The molecule has 4 aliphatic carbocycles. The third-order valence-corrected chi connectivity index (χ3v) is 16.4. The summed E-state index contributed by atoms with van der Waals surface area (Å²) in [5, 5.41) is 0. The van der Waals surface area contributed by atoms with Gasteiger partial charge in [0.25, 0.3) is 0 Å². The van der Waals surface area contributed by atoms with Crippen molar-refractivity contribution >= 4 is 11.6 Å². The number of hydrogen-bond donors (Lipinski definition) is 0. The molecular weight excluding hydrogens is 913 g/mol. The maximum absolute atomic E-state index is 14.4. The van der Waals surface area contributed by atoms with Gasteiger partial charge in [0.1, 0.15) is 23.0 Å². The molecule has 0 aromatic heterocycles. The Morgan fingerprint density at radius 1 is 0.270 bits per heavy atom. The first-order chi connectivity index (χ1) is 36.6. The molecule has 0 saturated carbocycles. The average molecular weight is 1020 g/mol. The Kier molecular flexibility index (Phi) is 31.6. The Morgan fingerprint density at radius 3 is 0.635 bits per heavy atom. The topological polar surface area (TPSA) is 71.1 Å². The van der Waals surface area contributed by atoms with E-state index in [1.165, 1.54) is 218 Å². The van der Waals surface area contributed by atoms with Crippen LogP contribution in [0.3, 0.4) is 0 Å². The van der Waals surface area contributed by atoms with Gasteiger partial charge in [-0.15, -0.1) is 0 Å². The molecule has 4 aliphatic rings. The maximum atomic E-state index is 14.4. The van der Waals surface area contributed by atoms with Crippen LogP contribution in [0.15, 0.2) is 47.6 Å². The second-order valence-electron chi connectivity index (χ2n) is 22.7. The van der Waals surface area contributed by atoms with E-state index in [0.29, 0.717) is 37.6 Å². The lowest BCUT2D eigenvalue weighted by atomic mass is 9.57. The van der Waals surface area contributed by atoms with Crippen LogP contribution in [0.1, 0.15) is 319 Å². The Labute approximate surface area is 453 Å². The lowest BCUT2D eigenvalue weighted by Gasteiger charge is -2.45. The predicted molar refractivity (Wildman–Crippen MR) is 312 cm³/mol. The molecule has 0 saturated heterocycles. The molecule has 74 heavy (non-hydrogen) atoms. The monoisotopic (exact) mass is 1020 g/mol. The molecule has 6 rings (SSSR count). The Bertz CT molecular complexity index is 1680. The Morgan fingerprint density at radius 2 is 0.446 bits per heavy atom. The van der Waals surface area contributed by atoms with Crippen molar-refractivity contribution in [2.24, 2.45) is 0 Å². The number of carbonyl (C=O) groups excluding carboxylic acids is 2. The molecule has 2 bridgehead atoms. The summed E-state index contributed by atoms with van der Waals surface area (Å²) in [6, 6.07) is 8.35. The smallest absolute Gasteiger partial charge is 0.183 e. The van der Waals surface area contributed by atoms with Crippen LogP contribution in [0.4, 0.5) is 0 Å². The van der Waals surface area contributed by atoms with E-state index in [9.17, 15) is 9.59 Å². The highest BCUT2D eigenvalue weighted by Gasteiger charge is 2.53. The summed E-state index contributed by atoms with van der Waals surface area (Å²) in [4.78, 5) is 28.8. The van der Waals surface area contributed by atoms with E-state index >= 15 is 0 Å². The first-order valence-electron chi connectivity index (χ1n) is 31.9. The molecular formula is C68H108O6. The van der Waals surface area contributed by atoms with Gasteiger partial charge in [0.15, 0.2) is 11.6 Å². The van der Waals surface area contributed by atoms with Gasteiger partial charge >= 0.3 is 0 Å². The highest BCUT2D eigenvalue weighted by Crippen LogP contribution is 2.64. The van der Waals surface area contributed by atoms with E-state index in [1.807, 2.05) is 0 Å². The fourth-order valence-electron chi connectivity index (χ4n) is 12.0. The van der Waals surface area contributed by atoms with Crippen molar-refractivity contribution in [2.75, 3.05) is 26.4 Å². The van der Waals surface area contributed by atoms with Gasteiger partial charge in [0, 0.05) is 45.2 Å². The van der Waals surface area contributed by atoms with Gasteiger partial charge in [0.2, 0.25) is 0 Å². The summed E-state index contributed by atoms with van der Waals surface area (Å²) < 4.78 is 27.5. The zero-order valence-corrected chi connectivity index (χ0v) is 48.2. The third-order valence-electron chi connectivity index (χ3n) is 16.4. The number of hydrogen-bond acceptors (Lipinski definition) is 6. The van der Waals surface area contributed by atoms with Gasteiger partial charge in [-0.3, -0.25) is 9.59 Å². The molecule has 0 fully saturated rings. The van der Waals surface area contributed by atoms with E-state index < -0.39 is 11.8 Å². The molecule has 0 unspecified atom stereocenters. The highest BCUT2D eigenvalue weighted by atomic mass is 16.5. The maximum Gasteiger partial charge on any atom is 0.183 e. The molecule has 0 amide bonds. The van der Waals surface area contributed by atoms with Crippen LogP contribution in [0.2, 0.25) is 0 Å².